The second-order valence-electron chi connectivity index (χ2n) is 6.79. The van der Waals surface area contributed by atoms with Gasteiger partial charge in [0.25, 0.3) is 10.0 Å². The molecule has 2 heterocycles. The summed E-state index contributed by atoms with van der Waals surface area (Å²) in [5.74, 6) is 0. The number of sulfonamides is 1. The van der Waals surface area contributed by atoms with Gasteiger partial charge in [-0.2, -0.15) is 23.1 Å². The maximum absolute atomic E-state index is 12.7. The van der Waals surface area contributed by atoms with Crippen molar-refractivity contribution in [3.8, 4) is 0 Å². The van der Waals surface area contributed by atoms with Gasteiger partial charge in [-0.15, -0.1) is 0 Å². The van der Waals surface area contributed by atoms with Gasteiger partial charge in [-0.05, 0) is 37.8 Å². The van der Waals surface area contributed by atoms with E-state index in [0.29, 0.717) is 0 Å². The fourth-order valence-electron chi connectivity index (χ4n) is 3.62. The number of benzene rings is 1. The second kappa shape index (κ2) is 7.38. The molecule has 0 amide bonds. The molecule has 1 aromatic heterocycles. The minimum Gasteiger partial charge on any atom is -0.379 e. The van der Waals surface area contributed by atoms with E-state index in [1.807, 2.05) is 0 Å². The van der Waals surface area contributed by atoms with Gasteiger partial charge in [-0.1, -0.05) is 18.2 Å². The Kier molecular flexibility index (Phi) is 4.97. The van der Waals surface area contributed by atoms with Gasteiger partial charge >= 0.3 is 0 Å². The van der Waals surface area contributed by atoms with E-state index in [4.69, 9.17) is 4.74 Å². The molecule has 4 rings (SSSR count). The molecule has 2 aliphatic rings. The normalized spacial score (nSPS) is 18.5. The standard InChI is InChI=1S/C18H24N4O3S/c23-26(24,15-6-2-1-3-7-15)20-22-18-9-5-4-8-16(18)17(19-22)14-21-10-12-25-13-11-21/h1-3,6-7,20H,4-5,8-14H2. The zero-order chi connectivity index (χ0) is 18.0. The van der Waals surface area contributed by atoms with Crippen molar-refractivity contribution in [1.29, 1.82) is 0 Å². The molecule has 2 aromatic rings. The number of ether oxygens (including phenoxy) is 1. The van der Waals surface area contributed by atoms with Crippen LogP contribution < -0.4 is 4.83 Å². The summed E-state index contributed by atoms with van der Waals surface area (Å²) >= 11 is 0. The van der Waals surface area contributed by atoms with Crippen molar-refractivity contribution in [2.24, 2.45) is 0 Å². The number of nitrogens with zero attached hydrogens (tertiary/aromatic N) is 3. The fourth-order valence-corrected chi connectivity index (χ4v) is 4.61. The van der Waals surface area contributed by atoms with Gasteiger partial charge in [0.1, 0.15) is 0 Å². The van der Waals surface area contributed by atoms with E-state index in [0.717, 1.165) is 69.9 Å². The van der Waals surface area contributed by atoms with Crippen LogP contribution in [0.2, 0.25) is 0 Å². The Bertz CT molecular complexity index is 858. The van der Waals surface area contributed by atoms with Gasteiger partial charge in [0.15, 0.2) is 0 Å². The van der Waals surface area contributed by atoms with Gasteiger partial charge in [-0.25, -0.2) is 0 Å². The maximum Gasteiger partial charge on any atom is 0.276 e. The SMILES string of the molecule is O=S(=O)(Nn1nc(CN2CCOCC2)c2c1CCCC2)c1ccccc1. The van der Waals surface area contributed by atoms with Crippen LogP contribution in [0, 0.1) is 0 Å². The molecular weight excluding hydrogens is 352 g/mol. The highest BCUT2D eigenvalue weighted by atomic mass is 32.2. The predicted molar refractivity (Wildman–Crippen MR) is 98.0 cm³/mol. The maximum atomic E-state index is 12.7. The topological polar surface area (TPSA) is 76.5 Å². The third kappa shape index (κ3) is 3.62. The van der Waals surface area contributed by atoms with Crippen LogP contribution in [0.5, 0.6) is 0 Å². The Labute approximate surface area is 154 Å². The van der Waals surface area contributed by atoms with Crippen LogP contribution >= 0.6 is 0 Å². The largest absolute Gasteiger partial charge is 0.379 e. The summed E-state index contributed by atoms with van der Waals surface area (Å²) in [6.07, 6.45) is 3.99. The molecule has 1 fully saturated rings. The first kappa shape index (κ1) is 17.5. The van der Waals surface area contributed by atoms with Gasteiger partial charge < -0.3 is 4.74 Å². The van der Waals surface area contributed by atoms with E-state index in [2.05, 4.69) is 14.8 Å². The molecule has 7 nitrogen and oxygen atoms in total. The van der Waals surface area contributed by atoms with E-state index < -0.39 is 10.0 Å². The molecule has 140 valence electrons. The number of aromatic nitrogens is 2. The molecule has 1 saturated heterocycles. The van der Waals surface area contributed by atoms with Crippen LogP contribution in [0.4, 0.5) is 0 Å². The second-order valence-corrected chi connectivity index (χ2v) is 8.45. The first-order valence-corrected chi connectivity index (χ1v) is 10.6. The molecular formula is C18H24N4O3S. The first-order chi connectivity index (χ1) is 12.6. The van der Waals surface area contributed by atoms with Crippen LogP contribution in [0.3, 0.4) is 0 Å². The number of morpholine rings is 1. The van der Waals surface area contributed by atoms with E-state index >= 15 is 0 Å². The smallest absolute Gasteiger partial charge is 0.276 e. The average Bonchev–Trinajstić information content (AvgIpc) is 3.00. The summed E-state index contributed by atoms with van der Waals surface area (Å²) < 4.78 is 30.8. The molecule has 26 heavy (non-hydrogen) atoms. The molecule has 8 heteroatoms. The monoisotopic (exact) mass is 376 g/mol. The van der Waals surface area contributed by atoms with Gasteiger partial charge in [0, 0.05) is 25.2 Å². The third-order valence-corrected chi connectivity index (χ3v) is 6.31. The van der Waals surface area contributed by atoms with Gasteiger partial charge in [0.05, 0.1) is 29.5 Å². The lowest BCUT2D eigenvalue weighted by Gasteiger charge is -2.26. The van der Waals surface area contributed by atoms with Crippen LogP contribution in [0.15, 0.2) is 35.2 Å². The predicted octanol–water partition coefficient (Wildman–Crippen LogP) is 1.53. The Morgan fingerprint density at radius 3 is 2.58 bits per heavy atom. The van der Waals surface area contributed by atoms with Crippen molar-refractivity contribution in [1.82, 2.24) is 14.8 Å². The van der Waals surface area contributed by atoms with Crippen molar-refractivity contribution in [2.75, 3.05) is 31.1 Å². The Morgan fingerprint density at radius 1 is 1.08 bits per heavy atom. The molecule has 0 bridgehead atoms. The number of fused-ring (bicyclic) bond motifs is 1. The van der Waals surface area contributed by atoms with Crippen molar-refractivity contribution in [3.05, 3.63) is 47.3 Å². The average molecular weight is 376 g/mol. The highest BCUT2D eigenvalue weighted by molar-refractivity contribution is 7.92. The lowest BCUT2D eigenvalue weighted by molar-refractivity contribution is 0.0335. The summed E-state index contributed by atoms with van der Waals surface area (Å²) in [4.78, 5) is 6.71. The summed E-state index contributed by atoms with van der Waals surface area (Å²) in [6.45, 7) is 3.99. The zero-order valence-corrected chi connectivity index (χ0v) is 15.5. The molecule has 1 N–H and O–H groups in total. The summed E-state index contributed by atoms with van der Waals surface area (Å²) in [5.41, 5.74) is 3.19. The molecule has 1 aliphatic carbocycles. The van der Waals surface area contributed by atoms with Crippen LogP contribution in [-0.2, 0) is 34.1 Å². The Hall–Kier alpha value is -1.90. The molecule has 1 aromatic carbocycles. The number of nitrogens with one attached hydrogen (secondary N) is 1. The number of hydrogen-bond acceptors (Lipinski definition) is 5. The van der Waals surface area contributed by atoms with Crippen LogP contribution in [-0.4, -0.2) is 49.5 Å². The molecule has 0 saturated carbocycles. The van der Waals surface area contributed by atoms with Crippen molar-refractivity contribution in [3.63, 3.8) is 0 Å². The van der Waals surface area contributed by atoms with Crippen molar-refractivity contribution in [2.45, 2.75) is 37.1 Å². The zero-order valence-electron chi connectivity index (χ0n) is 14.7. The highest BCUT2D eigenvalue weighted by Gasteiger charge is 2.25. The summed E-state index contributed by atoms with van der Waals surface area (Å²) in [7, 11) is -3.65. The minimum absolute atomic E-state index is 0.245. The van der Waals surface area contributed by atoms with E-state index in [1.54, 1.807) is 30.3 Å². The molecule has 0 atom stereocenters. The minimum atomic E-state index is -3.65. The summed E-state index contributed by atoms with van der Waals surface area (Å²) in [6, 6.07) is 8.42. The number of hydrogen-bond donors (Lipinski definition) is 1. The summed E-state index contributed by atoms with van der Waals surface area (Å²) in [5, 5.41) is 4.64. The van der Waals surface area contributed by atoms with Gasteiger partial charge in [-0.3, -0.25) is 4.90 Å². The third-order valence-electron chi connectivity index (χ3n) is 5.00. The van der Waals surface area contributed by atoms with Gasteiger partial charge in [0.2, 0.25) is 0 Å². The number of rotatable bonds is 5. The highest BCUT2D eigenvalue weighted by Crippen LogP contribution is 2.25. The van der Waals surface area contributed by atoms with E-state index in [-0.39, 0.29) is 4.90 Å². The first-order valence-electron chi connectivity index (χ1n) is 9.11. The van der Waals surface area contributed by atoms with E-state index in [1.165, 1.54) is 10.4 Å². The lowest BCUT2D eigenvalue weighted by Crippen LogP contribution is -2.36. The molecule has 0 unspecified atom stereocenters. The van der Waals surface area contributed by atoms with Crippen LogP contribution in [0.1, 0.15) is 29.8 Å². The Balaban J connectivity index is 1.62. The Morgan fingerprint density at radius 2 is 1.81 bits per heavy atom. The lowest BCUT2D eigenvalue weighted by atomic mass is 9.95. The van der Waals surface area contributed by atoms with E-state index in [9.17, 15) is 8.42 Å². The van der Waals surface area contributed by atoms with Crippen LogP contribution in [0.25, 0.3) is 0 Å². The quantitative estimate of drug-likeness (QED) is 0.856. The van der Waals surface area contributed by atoms with Crippen molar-refractivity contribution >= 4 is 10.0 Å². The molecule has 1 aliphatic heterocycles. The van der Waals surface area contributed by atoms with Crippen molar-refractivity contribution < 1.29 is 13.2 Å². The molecule has 0 spiro atoms. The molecule has 0 radical (unpaired) electrons. The fraction of sp³-hybridized carbons (Fsp3) is 0.500.